The van der Waals surface area contributed by atoms with Gasteiger partial charge in [-0.05, 0) is 53.9 Å². The highest BCUT2D eigenvalue weighted by atomic mass is 16.6. The molecule has 1 heterocycles. The van der Waals surface area contributed by atoms with Crippen LogP contribution in [-0.2, 0) is 31.8 Å². The predicted octanol–water partition coefficient (Wildman–Crippen LogP) is 4.78. The first-order chi connectivity index (χ1) is 22.0. The summed E-state index contributed by atoms with van der Waals surface area (Å²) < 4.78 is 16.4. The van der Waals surface area contributed by atoms with E-state index in [9.17, 15) is 14.4 Å². The van der Waals surface area contributed by atoms with Crippen LogP contribution in [-0.4, -0.2) is 69.6 Å². The quantitative estimate of drug-likeness (QED) is 0.240. The average molecular weight is 614 g/mol. The molecule has 0 aromatic heterocycles. The number of carbonyl (C=O) groups excluding carboxylic acids is 3. The molecule has 5 rings (SSSR count). The van der Waals surface area contributed by atoms with Gasteiger partial charge in [-0.25, -0.2) is 9.59 Å². The molecular weight excluding hydrogens is 570 g/mol. The van der Waals surface area contributed by atoms with Gasteiger partial charge in [-0.15, -0.1) is 0 Å². The number of methoxy groups -OCH3 is 1. The van der Waals surface area contributed by atoms with E-state index in [4.69, 9.17) is 14.2 Å². The first-order valence-electron chi connectivity index (χ1n) is 15.8. The molecule has 2 aliphatic rings. The molecule has 1 aliphatic heterocycles. The third-order valence-corrected chi connectivity index (χ3v) is 8.49. The molecule has 0 unspecified atom stereocenters. The molecule has 1 saturated carbocycles. The molecule has 2 amide bonds. The number of benzene rings is 3. The fourth-order valence-electron chi connectivity index (χ4n) is 5.76. The van der Waals surface area contributed by atoms with Crippen LogP contribution >= 0.6 is 0 Å². The predicted molar refractivity (Wildman–Crippen MR) is 171 cm³/mol. The minimum absolute atomic E-state index is 0.00276. The number of nitrogens with one attached hydrogen (secondary N) is 3. The average Bonchev–Trinajstić information content (AvgIpc) is 3.92. The molecule has 45 heavy (non-hydrogen) atoms. The van der Waals surface area contributed by atoms with Crippen LogP contribution in [0.1, 0.15) is 47.4 Å². The fourth-order valence-corrected chi connectivity index (χ4v) is 5.76. The van der Waals surface area contributed by atoms with Crippen molar-refractivity contribution in [2.45, 2.75) is 56.2 Å². The van der Waals surface area contributed by atoms with E-state index in [1.165, 1.54) is 20.0 Å². The molecule has 3 aromatic carbocycles. The van der Waals surface area contributed by atoms with Crippen molar-refractivity contribution in [3.8, 4) is 0 Å². The first-order valence-corrected chi connectivity index (χ1v) is 15.8. The summed E-state index contributed by atoms with van der Waals surface area (Å²) in [5.74, 6) is 0.107. The Morgan fingerprint density at radius 1 is 0.889 bits per heavy atom. The van der Waals surface area contributed by atoms with E-state index in [2.05, 4.69) is 16.0 Å². The Labute approximate surface area is 265 Å². The summed E-state index contributed by atoms with van der Waals surface area (Å²) in [6.45, 7) is 2.06. The van der Waals surface area contributed by atoms with Crippen LogP contribution in [0.3, 0.4) is 0 Å². The Balaban J connectivity index is 1.20. The number of ether oxygens (including phenoxy) is 3. The summed E-state index contributed by atoms with van der Waals surface area (Å²) in [5.41, 5.74) is 3.85. The van der Waals surface area contributed by atoms with Gasteiger partial charge in [0.1, 0.15) is 12.6 Å². The lowest BCUT2D eigenvalue weighted by atomic mass is 9.81. The second-order valence-electron chi connectivity index (χ2n) is 11.8. The van der Waals surface area contributed by atoms with E-state index >= 15 is 0 Å². The van der Waals surface area contributed by atoms with Gasteiger partial charge in [0.05, 0.1) is 25.9 Å². The Hall–Kier alpha value is -4.21. The summed E-state index contributed by atoms with van der Waals surface area (Å²) >= 11 is 0. The van der Waals surface area contributed by atoms with Crippen molar-refractivity contribution in [2.24, 2.45) is 5.92 Å². The molecule has 9 nitrogen and oxygen atoms in total. The number of rotatable bonds is 14. The lowest BCUT2D eigenvalue weighted by Crippen LogP contribution is -2.49. The normalized spacial score (nSPS) is 18.5. The van der Waals surface area contributed by atoms with Crippen LogP contribution in [0.2, 0.25) is 0 Å². The highest BCUT2D eigenvalue weighted by Gasteiger charge is 2.33. The molecule has 3 atom stereocenters. The van der Waals surface area contributed by atoms with Crippen molar-refractivity contribution in [2.75, 3.05) is 33.4 Å². The van der Waals surface area contributed by atoms with Gasteiger partial charge >= 0.3 is 12.2 Å². The minimum Gasteiger partial charge on any atom is -0.453 e. The summed E-state index contributed by atoms with van der Waals surface area (Å²) in [5, 5.41) is 9.09. The maximum atomic E-state index is 14.1. The largest absolute Gasteiger partial charge is 0.453 e. The van der Waals surface area contributed by atoms with Crippen molar-refractivity contribution in [3.05, 3.63) is 107 Å². The topological polar surface area (TPSA) is 115 Å². The molecule has 1 saturated heterocycles. The number of amides is 2. The van der Waals surface area contributed by atoms with Gasteiger partial charge in [0.15, 0.2) is 5.78 Å². The van der Waals surface area contributed by atoms with E-state index in [0.717, 1.165) is 35.1 Å². The van der Waals surface area contributed by atoms with Crippen LogP contribution in [0.15, 0.2) is 84.9 Å². The monoisotopic (exact) mass is 613 g/mol. The molecule has 238 valence electrons. The molecule has 3 N–H and O–H groups in total. The van der Waals surface area contributed by atoms with Crippen molar-refractivity contribution in [3.63, 3.8) is 0 Å². The minimum atomic E-state index is -0.837. The van der Waals surface area contributed by atoms with E-state index in [0.29, 0.717) is 25.6 Å². The molecule has 3 aromatic rings. The van der Waals surface area contributed by atoms with Crippen molar-refractivity contribution < 1.29 is 28.6 Å². The molecule has 0 radical (unpaired) electrons. The van der Waals surface area contributed by atoms with Crippen molar-refractivity contribution >= 4 is 18.0 Å². The number of ketones is 1. The van der Waals surface area contributed by atoms with Crippen LogP contribution in [0.25, 0.3) is 0 Å². The summed E-state index contributed by atoms with van der Waals surface area (Å²) in [4.78, 5) is 38.5. The standard InChI is InChI=1S/C36H43N3O6/c1-43-36(42)39-34(33(27-11-4-2-5-12-27)28-13-6-3-7-14-28)32(40)20-29-15-9-8-10-26(29)18-19-31-22-37-30(23-44-31)24-45-35(41)38-21-25-16-17-25/h2-15,25,30-31,33-34,37H,16-24H2,1H3,(H,38,41)(H,39,42)/t30-,31+,34+/m0/s1. The van der Waals surface area contributed by atoms with Crippen LogP contribution in [0.5, 0.6) is 0 Å². The lowest BCUT2D eigenvalue weighted by molar-refractivity contribution is -0.120. The van der Waals surface area contributed by atoms with Gasteiger partial charge in [0, 0.05) is 25.4 Å². The second-order valence-corrected chi connectivity index (χ2v) is 11.8. The summed E-state index contributed by atoms with van der Waals surface area (Å²) in [7, 11) is 1.30. The maximum absolute atomic E-state index is 14.1. The number of morpholine rings is 1. The third-order valence-electron chi connectivity index (χ3n) is 8.49. The Morgan fingerprint density at radius 2 is 1.53 bits per heavy atom. The Kier molecular flexibility index (Phi) is 11.6. The van der Waals surface area contributed by atoms with Crippen LogP contribution in [0, 0.1) is 5.92 Å². The maximum Gasteiger partial charge on any atom is 0.407 e. The molecule has 0 spiro atoms. The third kappa shape index (κ3) is 9.64. The number of aryl methyl sites for hydroxylation is 1. The number of hydrogen-bond donors (Lipinski definition) is 3. The SMILES string of the molecule is COC(=O)N[C@H](C(=O)Cc1ccccc1CC[C@@H]1CN[C@H](COC(=O)NCC2CC2)CO1)C(c1ccccc1)c1ccccc1. The zero-order chi connectivity index (χ0) is 31.4. The van der Waals surface area contributed by atoms with Gasteiger partial charge in [0.2, 0.25) is 0 Å². The van der Waals surface area contributed by atoms with E-state index in [1.807, 2.05) is 84.9 Å². The smallest absolute Gasteiger partial charge is 0.407 e. The lowest BCUT2D eigenvalue weighted by Gasteiger charge is -2.30. The molecule has 9 heteroatoms. The first kappa shape index (κ1) is 32.2. The number of Topliss-reactive ketones (excluding diaryl/α,β-unsaturated/α-hetero) is 1. The molecule has 0 bridgehead atoms. The van der Waals surface area contributed by atoms with Crippen LogP contribution in [0.4, 0.5) is 9.59 Å². The second kappa shape index (κ2) is 16.2. The number of alkyl carbamates (subject to hydrolysis) is 2. The van der Waals surface area contributed by atoms with Gasteiger partial charge in [0.25, 0.3) is 0 Å². The summed E-state index contributed by atoms with van der Waals surface area (Å²) in [6, 6.07) is 26.6. The van der Waals surface area contributed by atoms with Gasteiger partial charge in [-0.1, -0.05) is 84.9 Å². The highest BCUT2D eigenvalue weighted by molar-refractivity contribution is 5.91. The number of carbonyl (C=O) groups is 3. The zero-order valence-electron chi connectivity index (χ0n) is 25.8. The van der Waals surface area contributed by atoms with Gasteiger partial charge < -0.3 is 30.2 Å². The number of hydrogen-bond acceptors (Lipinski definition) is 7. The summed E-state index contributed by atoms with van der Waals surface area (Å²) in [6.07, 6.45) is 3.00. The van der Waals surface area contributed by atoms with Gasteiger partial charge in [-0.3, -0.25) is 4.79 Å². The van der Waals surface area contributed by atoms with E-state index < -0.39 is 18.1 Å². The van der Waals surface area contributed by atoms with Crippen molar-refractivity contribution in [1.29, 1.82) is 0 Å². The fraction of sp³-hybridized carbons (Fsp3) is 0.417. The van der Waals surface area contributed by atoms with E-state index in [1.54, 1.807) is 0 Å². The molecular formula is C36H43N3O6. The highest BCUT2D eigenvalue weighted by Crippen LogP contribution is 2.30. The Bertz CT molecular complexity index is 1350. The van der Waals surface area contributed by atoms with Gasteiger partial charge in [-0.2, -0.15) is 0 Å². The van der Waals surface area contributed by atoms with Crippen molar-refractivity contribution in [1.82, 2.24) is 16.0 Å². The van der Waals surface area contributed by atoms with E-state index in [-0.39, 0.29) is 37.0 Å². The molecule has 1 aliphatic carbocycles. The Morgan fingerprint density at radius 3 is 2.13 bits per heavy atom. The van der Waals surface area contributed by atoms with Crippen LogP contribution < -0.4 is 16.0 Å². The molecule has 2 fully saturated rings. The zero-order valence-corrected chi connectivity index (χ0v) is 25.8.